The maximum Gasteiger partial charge on any atom is 0.0271 e. The highest BCUT2D eigenvalue weighted by atomic mass is 15.1. The fraction of sp³-hybridized carbons (Fsp3) is 0.353. The molecule has 0 saturated heterocycles. The van der Waals surface area contributed by atoms with E-state index >= 15 is 0 Å². The number of hydrogen-bond donors (Lipinski definition) is 1. The molecular weight excluding hydrogens is 246 g/mol. The van der Waals surface area contributed by atoms with Gasteiger partial charge in [-0.25, -0.2) is 0 Å². The number of nitrogens with two attached hydrogens (primary N) is 1. The van der Waals surface area contributed by atoms with Crippen LogP contribution in [-0.2, 0) is 6.54 Å². The lowest BCUT2D eigenvalue weighted by molar-refractivity contribution is 0.262. The topological polar surface area (TPSA) is 42.2 Å². The minimum atomic E-state index is 0.387. The Morgan fingerprint density at radius 3 is 2.40 bits per heavy atom. The lowest BCUT2D eigenvalue weighted by atomic mass is 9.98. The van der Waals surface area contributed by atoms with Crippen LogP contribution in [0.25, 0.3) is 0 Å². The molecule has 0 radical (unpaired) electrons. The lowest BCUT2D eigenvalue weighted by Gasteiger charge is -2.26. The van der Waals surface area contributed by atoms with Crippen molar-refractivity contribution in [3.05, 3.63) is 66.0 Å². The van der Waals surface area contributed by atoms with Crippen LogP contribution in [0.4, 0.5) is 0 Å². The van der Waals surface area contributed by atoms with Gasteiger partial charge in [0.2, 0.25) is 0 Å². The van der Waals surface area contributed by atoms with Crippen molar-refractivity contribution >= 4 is 0 Å². The molecule has 0 spiro atoms. The average molecular weight is 269 g/mol. The van der Waals surface area contributed by atoms with Gasteiger partial charge in [-0.3, -0.25) is 9.88 Å². The van der Waals surface area contributed by atoms with Crippen LogP contribution < -0.4 is 5.73 Å². The van der Waals surface area contributed by atoms with E-state index < -0.39 is 0 Å². The Labute approximate surface area is 121 Å². The normalized spacial score (nSPS) is 12.6. The molecule has 2 aromatic rings. The Hall–Kier alpha value is -1.71. The second kappa shape index (κ2) is 7.78. The molecule has 0 aliphatic rings. The fourth-order valence-electron chi connectivity index (χ4n) is 2.40. The summed E-state index contributed by atoms with van der Waals surface area (Å²) in [6, 6.07) is 14.7. The van der Waals surface area contributed by atoms with E-state index in [0.717, 1.165) is 19.6 Å². The van der Waals surface area contributed by atoms with E-state index in [1.807, 2.05) is 18.5 Å². The maximum atomic E-state index is 5.96. The van der Waals surface area contributed by atoms with Crippen molar-refractivity contribution in [1.29, 1.82) is 0 Å². The zero-order valence-corrected chi connectivity index (χ0v) is 12.1. The van der Waals surface area contributed by atoms with Crippen LogP contribution in [0, 0.1) is 0 Å². The Balaban J connectivity index is 2.01. The largest absolute Gasteiger partial charge is 0.330 e. The van der Waals surface area contributed by atoms with E-state index in [1.54, 1.807) is 0 Å². The van der Waals surface area contributed by atoms with Crippen LogP contribution in [0.2, 0.25) is 0 Å². The van der Waals surface area contributed by atoms with Crippen molar-refractivity contribution < 1.29 is 0 Å². The molecular formula is C17H23N3. The zero-order chi connectivity index (χ0) is 14.2. The number of likely N-dealkylation sites (N-methyl/N-ethyl adjacent to an activating group) is 1. The summed E-state index contributed by atoms with van der Waals surface area (Å²) in [6.07, 6.45) is 3.70. The van der Waals surface area contributed by atoms with Gasteiger partial charge in [0.25, 0.3) is 0 Å². The monoisotopic (exact) mass is 269 g/mol. The predicted molar refractivity (Wildman–Crippen MR) is 83.4 cm³/mol. The highest BCUT2D eigenvalue weighted by molar-refractivity contribution is 5.20. The summed E-state index contributed by atoms with van der Waals surface area (Å²) in [7, 11) is 0. The quantitative estimate of drug-likeness (QED) is 0.840. The molecule has 2 rings (SSSR count). The van der Waals surface area contributed by atoms with Gasteiger partial charge in [-0.05, 0) is 29.8 Å². The van der Waals surface area contributed by atoms with Gasteiger partial charge in [0.1, 0.15) is 0 Å². The number of rotatable bonds is 7. The second-order valence-electron chi connectivity index (χ2n) is 5.03. The third-order valence-corrected chi connectivity index (χ3v) is 3.64. The number of hydrogen-bond acceptors (Lipinski definition) is 3. The molecule has 1 unspecified atom stereocenters. The highest BCUT2D eigenvalue weighted by Gasteiger charge is 2.14. The van der Waals surface area contributed by atoms with E-state index in [4.69, 9.17) is 5.73 Å². The Morgan fingerprint density at radius 1 is 1.10 bits per heavy atom. The van der Waals surface area contributed by atoms with Gasteiger partial charge >= 0.3 is 0 Å². The number of pyridine rings is 1. The van der Waals surface area contributed by atoms with Gasteiger partial charge in [0.05, 0.1) is 0 Å². The summed E-state index contributed by atoms with van der Waals surface area (Å²) >= 11 is 0. The molecule has 106 valence electrons. The molecule has 0 aliphatic carbocycles. The first-order chi connectivity index (χ1) is 9.83. The summed E-state index contributed by atoms with van der Waals surface area (Å²) in [6.45, 7) is 5.82. The van der Waals surface area contributed by atoms with Crippen molar-refractivity contribution in [2.24, 2.45) is 5.73 Å². The van der Waals surface area contributed by atoms with Crippen molar-refractivity contribution in [3.63, 3.8) is 0 Å². The molecule has 2 N–H and O–H groups in total. The summed E-state index contributed by atoms with van der Waals surface area (Å²) in [4.78, 5) is 6.50. The maximum absolute atomic E-state index is 5.96. The molecule has 1 heterocycles. The van der Waals surface area contributed by atoms with E-state index in [9.17, 15) is 0 Å². The van der Waals surface area contributed by atoms with Crippen LogP contribution in [0.5, 0.6) is 0 Å². The summed E-state index contributed by atoms with van der Waals surface area (Å²) in [5, 5.41) is 0. The first-order valence-corrected chi connectivity index (χ1v) is 7.19. The van der Waals surface area contributed by atoms with Crippen molar-refractivity contribution in [1.82, 2.24) is 9.88 Å². The third kappa shape index (κ3) is 4.15. The summed E-state index contributed by atoms with van der Waals surface area (Å²) in [5.74, 6) is 0.387. The Kier molecular flexibility index (Phi) is 5.71. The van der Waals surface area contributed by atoms with Gasteiger partial charge in [0, 0.05) is 37.9 Å². The molecule has 0 fully saturated rings. The molecule has 0 amide bonds. The summed E-state index contributed by atoms with van der Waals surface area (Å²) in [5.41, 5.74) is 8.58. The number of nitrogens with zero attached hydrogens (tertiary/aromatic N) is 2. The molecule has 3 nitrogen and oxygen atoms in total. The minimum Gasteiger partial charge on any atom is -0.330 e. The van der Waals surface area contributed by atoms with Crippen LogP contribution in [0.1, 0.15) is 24.0 Å². The van der Waals surface area contributed by atoms with E-state index in [-0.39, 0.29) is 0 Å². The first kappa shape index (κ1) is 14.7. The minimum absolute atomic E-state index is 0.387. The molecule has 1 aromatic heterocycles. The van der Waals surface area contributed by atoms with Gasteiger partial charge in [-0.1, -0.05) is 37.3 Å². The van der Waals surface area contributed by atoms with E-state index in [0.29, 0.717) is 12.5 Å². The Bertz CT molecular complexity index is 484. The fourth-order valence-corrected chi connectivity index (χ4v) is 2.40. The predicted octanol–water partition coefficient (Wildman–Crippen LogP) is 2.65. The molecule has 1 atom stereocenters. The molecule has 0 aliphatic heterocycles. The lowest BCUT2D eigenvalue weighted by Crippen LogP contribution is -2.31. The van der Waals surface area contributed by atoms with E-state index in [2.05, 4.69) is 53.2 Å². The molecule has 0 saturated carbocycles. The van der Waals surface area contributed by atoms with Crippen LogP contribution >= 0.6 is 0 Å². The average Bonchev–Trinajstić information content (AvgIpc) is 2.53. The standard InChI is InChI=1S/C17H23N3/c1-2-20(13-15-8-10-19-11-9-15)14-17(12-18)16-6-4-3-5-7-16/h3-11,17H,2,12-14,18H2,1H3. The van der Waals surface area contributed by atoms with Crippen LogP contribution in [-0.4, -0.2) is 29.5 Å². The molecule has 20 heavy (non-hydrogen) atoms. The van der Waals surface area contributed by atoms with Crippen LogP contribution in [0.15, 0.2) is 54.9 Å². The Morgan fingerprint density at radius 2 is 1.80 bits per heavy atom. The molecule has 3 heteroatoms. The second-order valence-corrected chi connectivity index (χ2v) is 5.03. The number of aromatic nitrogens is 1. The van der Waals surface area contributed by atoms with Gasteiger partial charge in [-0.15, -0.1) is 0 Å². The molecule has 1 aromatic carbocycles. The smallest absolute Gasteiger partial charge is 0.0271 e. The summed E-state index contributed by atoms with van der Waals surface area (Å²) < 4.78 is 0. The van der Waals surface area contributed by atoms with Crippen molar-refractivity contribution in [3.8, 4) is 0 Å². The number of benzene rings is 1. The van der Waals surface area contributed by atoms with Gasteiger partial charge in [-0.2, -0.15) is 0 Å². The first-order valence-electron chi connectivity index (χ1n) is 7.19. The van der Waals surface area contributed by atoms with Crippen molar-refractivity contribution in [2.45, 2.75) is 19.4 Å². The highest BCUT2D eigenvalue weighted by Crippen LogP contribution is 2.17. The third-order valence-electron chi connectivity index (χ3n) is 3.64. The van der Waals surface area contributed by atoms with Crippen LogP contribution in [0.3, 0.4) is 0 Å². The zero-order valence-electron chi connectivity index (χ0n) is 12.1. The van der Waals surface area contributed by atoms with E-state index in [1.165, 1.54) is 11.1 Å². The molecule has 0 bridgehead atoms. The SMILES string of the molecule is CCN(Cc1ccncc1)CC(CN)c1ccccc1. The van der Waals surface area contributed by atoms with Crippen molar-refractivity contribution in [2.75, 3.05) is 19.6 Å². The van der Waals surface area contributed by atoms with Gasteiger partial charge < -0.3 is 5.73 Å². The van der Waals surface area contributed by atoms with Gasteiger partial charge in [0.15, 0.2) is 0 Å².